The van der Waals surface area contributed by atoms with E-state index < -0.39 is 31.3 Å². The first-order chi connectivity index (χ1) is 13.6. The monoisotopic (exact) mass is 506 g/mol. The molecular weight excluding hydrogens is 486 g/mol. The van der Waals surface area contributed by atoms with Gasteiger partial charge in [-0.3, -0.25) is 0 Å². The minimum absolute atomic E-state index is 1.06. The fraction of sp³-hybridized carbons (Fsp3) is 0.538. The predicted octanol–water partition coefficient (Wildman–Crippen LogP) is 0.285. The van der Waals surface area contributed by atoms with Gasteiger partial charge in [0.1, 0.15) is 24.8 Å². The lowest BCUT2D eigenvalue weighted by molar-refractivity contribution is -0.671. The summed E-state index contributed by atoms with van der Waals surface area (Å²) in [6, 6.07) is 0. The van der Waals surface area contributed by atoms with Crippen molar-refractivity contribution < 1.29 is 61.4 Å². The summed E-state index contributed by atoms with van der Waals surface area (Å²) in [5.74, 6) is 0. The van der Waals surface area contributed by atoms with Crippen molar-refractivity contribution in [2.24, 2.45) is 21.1 Å². The van der Waals surface area contributed by atoms with Gasteiger partial charge in [-0.05, 0) is 6.92 Å². The lowest BCUT2D eigenvalue weighted by atomic mass is 10.7. The summed E-state index contributed by atoms with van der Waals surface area (Å²) in [4.78, 5) is 0. The Balaban J connectivity index is 0. The van der Waals surface area contributed by atoms with Crippen LogP contribution < -0.4 is 9.13 Å². The molecule has 0 bridgehead atoms. The maximum Gasteiger partial charge on any atom is 0.485 e. The largest absolute Gasteiger partial charge is 0.741 e. The van der Waals surface area contributed by atoms with Gasteiger partial charge in [0.2, 0.25) is 12.7 Å². The zero-order valence-corrected chi connectivity index (χ0v) is 18.1. The van der Waals surface area contributed by atoms with E-state index in [1.54, 1.807) is 0 Å². The molecule has 0 N–H and O–H groups in total. The van der Waals surface area contributed by atoms with Crippen molar-refractivity contribution in [3.63, 3.8) is 0 Å². The highest BCUT2D eigenvalue weighted by molar-refractivity contribution is 7.86. The Bertz CT molecular complexity index is 938. The third-order valence-electron chi connectivity index (χ3n) is 2.66. The smallest absolute Gasteiger partial charge is 0.485 e. The van der Waals surface area contributed by atoms with Gasteiger partial charge in [-0.25, -0.2) is 35.1 Å². The summed E-state index contributed by atoms with van der Waals surface area (Å²) in [6.45, 7) is 3.18. The molecule has 18 heteroatoms. The number of aromatic nitrogens is 4. The standard InChI is InChI=1S/C6H11N2.C5H9N2.2CHF3O3S/c1-3-8-5-4-7(2)6-8;1-6-3-4-7(2)5-6;2*2-1(3,4)8(5,6)7/h4-6H,3H2,1-2H3;3-5H,1-2H3;2*(H,5,6,7)/q2*+1;;/p-2. The van der Waals surface area contributed by atoms with Gasteiger partial charge < -0.3 is 9.11 Å². The first kappa shape index (κ1) is 31.0. The van der Waals surface area contributed by atoms with Gasteiger partial charge in [0.25, 0.3) is 0 Å². The summed E-state index contributed by atoms with van der Waals surface area (Å²) in [5.41, 5.74) is -11.3. The van der Waals surface area contributed by atoms with E-state index in [0.717, 1.165) is 6.54 Å². The van der Waals surface area contributed by atoms with Crippen LogP contribution in [0.2, 0.25) is 0 Å². The Labute approximate surface area is 174 Å². The molecule has 2 rings (SSSR count). The fourth-order valence-corrected chi connectivity index (χ4v) is 1.26. The number of nitrogens with zero attached hydrogens (tertiary/aromatic N) is 4. The van der Waals surface area contributed by atoms with Crippen molar-refractivity contribution in [3.05, 3.63) is 37.4 Å². The molecule has 0 aliphatic heterocycles. The summed E-state index contributed by atoms with van der Waals surface area (Å²) in [6.07, 6.45) is 12.1. The van der Waals surface area contributed by atoms with Crippen LogP contribution >= 0.6 is 0 Å². The van der Waals surface area contributed by atoms with Crippen LogP contribution in [0.25, 0.3) is 0 Å². The van der Waals surface area contributed by atoms with Crippen molar-refractivity contribution in [2.45, 2.75) is 24.5 Å². The second kappa shape index (κ2) is 12.0. The number of hydrogen-bond donors (Lipinski definition) is 0. The Morgan fingerprint density at radius 1 is 0.806 bits per heavy atom. The molecule has 0 unspecified atom stereocenters. The summed E-state index contributed by atoms with van der Waals surface area (Å²) < 4.78 is 126. The van der Waals surface area contributed by atoms with Crippen LogP contribution in [0.4, 0.5) is 26.3 Å². The second-order valence-electron chi connectivity index (χ2n) is 5.45. The highest BCUT2D eigenvalue weighted by atomic mass is 32.2. The van der Waals surface area contributed by atoms with Crippen molar-refractivity contribution >= 4 is 20.2 Å². The number of alkyl halides is 6. The van der Waals surface area contributed by atoms with E-state index in [4.69, 9.17) is 25.9 Å². The number of aryl methyl sites for hydroxylation is 4. The first-order valence-corrected chi connectivity index (χ1v) is 10.5. The Hall–Kier alpha value is -2.18. The number of hydrogen-bond acceptors (Lipinski definition) is 6. The zero-order chi connectivity index (χ0) is 25.3. The molecule has 0 aromatic carbocycles. The van der Waals surface area contributed by atoms with Crippen molar-refractivity contribution in [1.82, 2.24) is 9.13 Å². The van der Waals surface area contributed by atoms with E-state index in [1.807, 2.05) is 59.8 Å². The molecule has 2 aromatic heterocycles. The minimum Gasteiger partial charge on any atom is -0.741 e. The van der Waals surface area contributed by atoms with Crippen LogP contribution in [0.5, 0.6) is 0 Å². The molecule has 0 saturated carbocycles. The van der Waals surface area contributed by atoms with Gasteiger partial charge >= 0.3 is 11.0 Å². The molecule has 0 atom stereocenters. The number of rotatable bonds is 1. The van der Waals surface area contributed by atoms with E-state index in [9.17, 15) is 26.3 Å². The number of imidazole rings is 2. The fourth-order valence-electron chi connectivity index (χ4n) is 1.26. The Morgan fingerprint density at radius 2 is 1.13 bits per heavy atom. The minimum atomic E-state index is -6.09. The topological polar surface area (TPSA) is 132 Å². The molecule has 0 radical (unpaired) electrons. The quantitative estimate of drug-likeness (QED) is 0.236. The van der Waals surface area contributed by atoms with Gasteiger partial charge in [-0.15, -0.1) is 0 Å². The molecule has 0 aliphatic rings. The predicted molar refractivity (Wildman–Crippen MR) is 89.4 cm³/mol. The van der Waals surface area contributed by atoms with Gasteiger partial charge in [0.15, 0.2) is 20.2 Å². The average Bonchev–Trinajstić information content (AvgIpc) is 3.13. The molecule has 182 valence electrons. The van der Waals surface area contributed by atoms with E-state index in [2.05, 4.69) is 24.0 Å². The second-order valence-corrected chi connectivity index (χ2v) is 8.20. The molecule has 2 heterocycles. The van der Waals surface area contributed by atoms with E-state index >= 15 is 0 Å². The Morgan fingerprint density at radius 3 is 1.23 bits per heavy atom. The van der Waals surface area contributed by atoms with Crippen LogP contribution in [0, 0.1) is 0 Å². The number of halogens is 6. The summed E-state index contributed by atoms with van der Waals surface area (Å²) >= 11 is 0. The molecular formula is C13H20F6N4O6S2. The van der Waals surface area contributed by atoms with Crippen LogP contribution in [-0.4, -0.2) is 46.1 Å². The van der Waals surface area contributed by atoms with Gasteiger partial charge in [0.05, 0.1) is 27.7 Å². The molecule has 0 aliphatic carbocycles. The van der Waals surface area contributed by atoms with Crippen LogP contribution in [0.1, 0.15) is 6.92 Å². The lowest BCUT2D eigenvalue weighted by Gasteiger charge is -2.08. The average molecular weight is 506 g/mol. The van der Waals surface area contributed by atoms with E-state index in [-0.39, 0.29) is 0 Å². The van der Waals surface area contributed by atoms with Crippen LogP contribution in [0.15, 0.2) is 37.4 Å². The zero-order valence-electron chi connectivity index (χ0n) is 16.5. The van der Waals surface area contributed by atoms with Gasteiger partial charge in [-0.2, -0.15) is 26.3 Å². The van der Waals surface area contributed by atoms with Gasteiger partial charge in [-0.1, -0.05) is 0 Å². The SMILES string of the molecule is CCn1cc[n+](C)c1.Cn1cc[n+](C)c1.O=S(=O)([O-])C(F)(F)F.O=S(=O)([O-])C(F)(F)F. The highest BCUT2D eigenvalue weighted by Crippen LogP contribution is 2.21. The molecule has 31 heavy (non-hydrogen) atoms. The molecule has 0 amide bonds. The maximum atomic E-state index is 10.7. The maximum absolute atomic E-state index is 10.7. The molecule has 2 aromatic rings. The van der Waals surface area contributed by atoms with Crippen molar-refractivity contribution in [2.75, 3.05) is 0 Å². The first-order valence-electron chi connectivity index (χ1n) is 7.64. The molecule has 0 saturated heterocycles. The third kappa shape index (κ3) is 14.5. The molecule has 0 spiro atoms. The molecule has 10 nitrogen and oxygen atoms in total. The van der Waals surface area contributed by atoms with E-state index in [0.29, 0.717) is 0 Å². The van der Waals surface area contributed by atoms with Crippen LogP contribution in [0.3, 0.4) is 0 Å². The van der Waals surface area contributed by atoms with Crippen molar-refractivity contribution in [3.8, 4) is 0 Å². The third-order valence-corrected chi connectivity index (χ3v) is 3.79. The lowest BCUT2D eigenvalue weighted by Crippen LogP contribution is -2.23. The highest BCUT2D eigenvalue weighted by Gasteiger charge is 2.37. The Kier molecular flexibility index (Phi) is 12.0. The van der Waals surface area contributed by atoms with Crippen LogP contribution in [-0.2, 0) is 47.9 Å². The van der Waals surface area contributed by atoms with E-state index in [1.165, 1.54) is 0 Å². The molecule has 0 fully saturated rings. The van der Waals surface area contributed by atoms with Gasteiger partial charge in [0, 0.05) is 0 Å². The van der Waals surface area contributed by atoms with Crippen molar-refractivity contribution in [1.29, 1.82) is 0 Å². The summed E-state index contributed by atoms with van der Waals surface area (Å²) in [5, 5.41) is 0. The normalized spacial score (nSPS) is 11.9. The summed E-state index contributed by atoms with van der Waals surface area (Å²) in [7, 11) is -6.16.